The molecule has 0 aliphatic rings. The van der Waals surface area contributed by atoms with Crippen LogP contribution in [0.1, 0.15) is 116 Å². The van der Waals surface area contributed by atoms with Crippen molar-refractivity contribution >= 4 is 8.80 Å². The molecule has 0 aromatic heterocycles. The van der Waals surface area contributed by atoms with Crippen LogP contribution < -0.4 is 18.6 Å². The van der Waals surface area contributed by atoms with Crippen LogP contribution in [0.15, 0.2) is 0 Å². The molecule has 0 radical (unpaired) electrons. The fourth-order valence-electron chi connectivity index (χ4n) is 4.48. The summed E-state index contributed by atoms with van der Waals surface area (Å²) >= 11 is 0. The molecule has 220 valence electrons. The van der Waals surface area contributed by atoms with E-state index in [-0.39, 0.29) is 0 Å². The molecule has 0 atom stereocenters. The maximum atomic E-state index is 8.49. The molecule has 0 aromatic rings. The predicted octanol–water partition coefficient (Wildman–Crippen LogP) is 2.84. The van der Waals surface area contributed by atoms with E-state index in [9.17, 15) is 0 Å². The van der Waals surface area contributed by atoms with Crippen LogP contribution in [0.2, 0.25) is 6.04 Å². The van der Waals surface area contributed by atoms with Crippen LogP contribution in [-0.4, -0.2) is 61.8 Å². The van der Waals surface area contributed by atoms with E-state index in [1.165, 1.54) is 109 Å². The lowest BCUT2D eigenvalue weighted by atomic mass is 10.0. The molecule has 0 amide bonds. The molecular formula is C26H58ClNO7Si. The van der Waals surface area contributed by atoms with Gasteiger partial charge in [0.1, 0.15) is 0 Å². The number of nitrogens with zero attached hydrogens (tertiary/aromatic N) is 1. The van der Waals surface area contributed by atoms with Crippen LogP contribution in [0, 0.1) is 10.2 Å². The minimum absolute atomic E-state index is 0.900. The largest absolute Gasteiger partial charge is 0.500 e. The first-order valence-corrected chi connectivity index (χ1v) is 17.2. The van der Waals surface area contributed by atoms with Crippen molar-refractivity contribution in [1.29, 1.82) is 0 Å². The molecule has 0 bridgehead atoms. The third-order valence-corrected chi connectivity index (χ3v) is 9.63. The fourth-order valence-corrected chi connectivity index (χ4v) is 6.18. The highest BCUT2D eigenvalue weighted by atomic mass is 35.7. The number of halogens is 1. The van der Waals surface area contributed by atoms with Gasteiger partial charge in [-0.3, -0.25) is 0 Å². The van der Waals surface area contributed by atoms with E-state index in [0.717, 1.165) is 23.5 Å². The monoisotopic (exact) mass is 559 g/mol. The molecule has 36 heavy (non-hydrogen) atoms. The number of hydrogen-bond donors (Lipinski definition) is 0. The smallest absolute Gasteiger partial charge is 0.377 e. The zero-order valence-electron chi connectivity index (χ0n) is 24.3. The van der Waals surface area contributed by atoms with Crippen molar-refractivity contribution < 1.29 is 46.6 Å². The molecule has 8 nitrogen and oxygen atoms in total. The van der Waals surface area contributed by atoms with E-state index >= 15 is 0 Å². The van der Waals surface area contributed by atoms with E-state index in [2.05, 4.69) is 21.0 Å². The summed E-state index contributed by atoms with van der Waals surface area (Å²) < 4.78 is 51.7. The van der Waals surface area contributed by atoms with E-state index in [4.69, 9.17) is 31.9 Å². The Morgan fingerprint density at radius 2 is 0.806 bits per heavy atom. The van der Waals surface area contributed by atoms with Crippen LogP contribution in [-0.2, 0) is 13.3 Å². The molecule has 0 aliphatic heterocycles. The second kappa shape index (κ2) is 24.2. The molecule has 0 saturated carbocycles. The summed E-state index contributed by atoms with van der Waals surface area (Å²) in [4.78, 5) is 0. The molecular weight excluding hydrogens is 502 g/mol. The maximum absolute atomic E-state index is 8.49. The number of unbranched alkanes of at least 4 members (excludes halogenated alkanes) is 15. The molecule has 10 heteroatoms. The molecule has 0 unspecified atom stereocenters. The van der Waals surface area contributed by atoms with Gasteiger partial charge in [0.15, 0.2) is 0 Å². The summed E-state index contributed by atoms with van der Waals surface area (Å²) in [6.45, 7) is 4.72. The summed E-state index contributed by atoms with van der Waals surface area (Å²) in [5, 5.41) is 0. The van der Waals surface area contributed by atoms with Gasteiger partial charge in [0.2, 0.25) is 0 Å². The van der Waals surface area contributed by atoms with Crippen LogP contribution in [0.25, 0.3) is 0 Å². The number of rotatable bonds is 24. The fraction of sp³-hybridized carbons (Fsp3) is 1.00. The zero-order chi connectivity index (χ0) is 27.8. The van der Waals surface area contributed by atoms with Gasteiger partial charge in [-0.15, -0.1) is 10.2 Å². The highest BCUT2D eigenvalue weighted by molar-refractivity contribution is 6.60. The third kappa shape index (κ3) is 28.8. The van der Waals surface area contributed by atoms with Crippen molar-refractivity contribution in [1.82, 2.24) is 0 Å². The van der Waals surface area contributed by atoms with Gasteiger partial charge in [0, 0.05) is 33.8 Å². The number of quaternary nitrogens is 1. The topological polar surface area (TPSA) is 120 Å². The summed E-state index contributed by atoms with van der Waals surface area (Å²) in [7, 11) is 2.46. The standard InChI is InChI=1S/C26H58NO3Si.ClHO4/c1-7-8-9-10-11-12-13-14-15-16-17-18-19-20-21-22-24-27(2,3)25-23-26-31(28-4,29-5)30-6;2-1(3,4)5/h7-26H2,1-6H3;(H,2,3,4,5)/q+1;/p-1. The Bertz CT molecular complexity index is 450. The molecule has 0 spiro atoms. The quantitative estimate of drug-likeness (QED) is 0.101. The Morgan fingerprint density at radius 3 is 1.11 bits per heavy atom. The maximum Gasteiger partial charge on any atom is 0.500 e. The lowest BCUT2D eigenvalue weighted by Gasteiger charge is -2.31. The Labute approximate surface area is 226 Å². The summed E-state index contributed by atoms with van der Waals surface area (Å²) in [5.74, 6) is 0. The zero-order valence-corrected chi connectivity index (χ0v) is 26.1. The minimum Gasteiger partial charge on any atom is -0.377 e. The van der Waals surface area contributed by atoms with Crippen molar-refractivity contribution in [3.05, 3.63) is 0 Å². The predicted molar refractivity (Wildman–Crippen MR) is 138 cm³/mol. The van der Waals surface area contributed by atoms with Gasteiger partial charge in [0.05, 0.1) is 27.2 Å². The SMILES string of the molecule is CCCCCCCCCCCCCCCCCC[N+](C)(C)CCC[Si](OC)(OC)OC.[O-][Cl+3]([O-])([O-])[O-]. The first kappa shape index (κ1) is 38.3. The van der Waals surface area contributed by atoms with Crippen LogP contribution in [0.5, 0.6) is 0 Å². The summed E-state index contributed by atoms with van der Waals surface area (Å²) in [6.07, 6.45) is 24.0. The van der Waals surface area contributed by atoms with Gasteiger partial charge in [-0.25, -0.2) is 18.6 Å². The second-order valence-corrected chi connectivity index (χ2v) is 14.3. The Hall–Kier alpha value is 0.187. The van der Waals surface area contributed by atoms with Crippen molar-refractivity contribution in [2.24, 2.45) is 0 Å². The molecule has 0 saturated heterocycles. The number of hydrogen-bond acceptors (Lipinski definition) is 7. The van der Waals surface area contributed by atoms with E-state index < -0.39 is 19.0 Å². The average Bonchev–Trinajstić information content (AvgIpc) is 2.81. The normalized spacial score (nSPS) is 12.5. The van der Waals surface area contributed by atoms with Crippen molar-refractivity contribution in [2.45, 2.75) is 122 Å². The van der Waals surface area contributed by atoms with Crippen molar-refractivity contribution in [3.8, 4) is 0 Å². The van der Waals surface area contributed by atoms with E-state index in [1.54, 1.807) is 21.3 Å². The Balaban J connectivity index is 0. The molecule has 0 rings (SSSR count). The highest BCUT2D eigenvalue weighted by Crippen LogP contribution is 2.17. The van der Waals surface area contributed by atoms with Gasteiger partial charge in [0.25, 0.3) is 0 Å². The van der Waals surface area contributed by atoms with Crippen LogP contribution >= 0.6 is 0 Å². The van der Waals surface area contributed by atoms with Crippen LogP contribution in [0.3, 0.4) is 0 Å². The van der Waals surface area contributed by atoms with Crippen LogP contribution in [0.4, 0.5) is 0 Å². The summed E-state index contributed by atoms with van der Waals surface area (Å²) in [6, 6.07) is 0.900. The van der Waals surface area contributed by atoms with Crippen molar-refractivity contribution in [3.63, 3.8) is 0 Å². The first-order valence-electron chi connectivity index (χ1n) is 14.0. The lowest BCUT2D eigenvalue weighted by molar-refractivity contribution is -2.00. The lowest BCUT2D eigenvalue weighted by Crippen LogP contribution is -2.68. The Morgan fingerprint density at radius 1 is 0.528 bits per heavy atom. The Kier molecular flexibility index (Phi) is 25.8. The first-order chi connectivity index (χ1) is 16.9. The summed E-state index contributed by atoms with van der Waals surface area (Å²) in [5.41, 5.74) is 0. The van der Waals surface area contributed by atoms with Crippen molar-refractivity contribution in [2.75, 3.05) is 48.5 Å². The third-order valence-electron chi connectivity index (χ3n) is 6.80. The minimum atomic E-state index is -4.94. The van der Waals surface area contributed by atoms with Gasteiger partial charge in [-0.2, -0.15) is 0 Å². The molecule has 0 fully saturated rings. The van der Waals surface area contributed by atoms with E-state index in [1.807, 2.05) is 0 Å². The molecule has 0 N–H and O–H groups in total. The second-order valence-electron chi connectivity index (χ2n) is 10.5. The van der Waals surface area contributed by atoms with Gasteiger partial charge in [-0.05, 0) is 12.8 Å². The molecule has 0 aliphatic carbocycles. The molecule has 0 heterocycles. The van der Waals surface area contributed by atoms with E-state index in [0.29, 0.717) is 0 Å². The highest BCUT2D eigenvalue weighted by Gasteiger charge is 2.37. The average molecular weight is 560 g/mol. The van der Waals surface area contributed by atoms with Gasteiger partial charge in [-0.1, -0.05) is 96.8 Å². The molecule has 0 aromatic carbocycles. The van der Waals surface area contributed by atoms with Gasteiger partial charge >= 0.3 is 8.80 Å². The van der Waals surface area contributed by atoms with Gasteiger partial charge < -0.3 is 17.8 Å².